The van der Waals surface area contributed by atoms with Crippen LogP contribution in [0.4, 0.5) is 5.69 Å². The van der Waals surface area contributed by atoms with Crippen LogP contribution in [0.15, 0.2) is 6.07 Å². The molecule has 1 aliphatic carbocycles. The van der Waals surface area contributed by atoms with Crippen molar-refractivity contribution in [3.8, 4) is 0 Å². The summed E-state index contributed by atoms with van der Waals surface area (Å²) in [6, 6.07) is 1.83. The van der Waals surface area contributed by atoms with Gasteiger partial charge in [0.05, 0.1) is 5.69 Å². The third-order valence-corrected chi connectivity index (χ3v) is 2.62. The minimum absolute atomic E-state index is 0.0775. The van der Waals surface area contributed by atoms with Crippen molar-refractivity contribution in [3.63, 3.8) is 0 Å². The summed E-state index contributed by atoms with van der Waals surface area (Å²) < 4.78 is 0. The molecule has 2 rings (SSSR count). The Morgan fingerprint density at radius 1 is 1.53 bits per heavy atom. The Balaban J connectivity index is 2.24. The second kappa shape index (κ2) is 4.02. The van der Waals surface area contributed by atoms with Gasteiger partial charge in [0, 0.05) is 12.1 Å². The molecule has 0 unspecified atom stereocenters. The van der Waals surface area contributed by atoms with Crippen molar-refractivity contribution in [2.75, 3.05) is 5.32 Å². The van der Waals surface area contributed by atoms with Crippen LogP contribution < -0.4 is 5.32 Å². The molecular weight excluding hydrogens is 218 g/mol. The molecule has 15 heavy (non-hydrogen) atoms. The molecule has 0 bridgehead atoms. The number of carboxylic acid groups (broad SMARTS) is 1. The maximum atomic E-state index is 10.8. The molecule has 6 heteroatoms. The van der Waals surface area contributed by atoms with Crippen molar-refractivity contribution in [1.82, 2.24) is 10.2 Å². The van der Waals surface area contributed by atoms with Crippen LogP contribution in [-0.2, 0) is 0 Å². The molecule has 0 aromatic carbocycles. The lowest BCUT2D eigenvalue weighted by Gasteiger charge is -2.27. The summed E-state index contributed by atoms with van der Waals surface area (Å²) in [5.74, 6) is -1.10. The van der Waals surface area contributed by atoms with Gasteiger partial charge in [-0.05, 0) is 19.3 Å². The maximum absolute atomic E-state index is 10.8. The summed E-state index contributed by atoms with van der Waals surface area (Å²) in [7, 11) is 0. The maximum Gasteiger partial charge on any atom is 0.358 e. The average molecular weight is 228 g/mol. The molecule has 0 saturated heterocycles. The summed E-state index contributed by atoms with van der Waals surface area (Å²) in [5, 5.41) is 19.2. The summed E-state index contributed by atoms with van der Waals surface area (Å²) in [4.78, 5) is 10.8. The van der Waals surface area contributed by atoms with Crippen molar-refractivity contribution < 1.29 is 9.90 Å². The van der Waals surface area contributed by atoms with E-state index in [0.29, 0.717) is 11.7 Å². The van der Waals surface area contributed by atoms with Gasteiger partial charge in [0.15, 0.2) is 10.8 Å². The summed E-state index contributed by atoms with van der Waals surface area (Å²) >= 11 is 5.66. The standard InChI is InChI=1S/C9H10ClN3O2/c10-7-4-6(11-5-2-1-3-5)8(9(14)15)13-12-7/h4-5H,1-3H2,(H,11,12)(H,14,15). The van der Waals surface area contributed by atoms with Crippen molar-refractivity contribution in [2.24, 2.45) is 0 Å². The van der Waals surface area contributed by atoms with Crippen LogP contribution in [-0.4, -0.2) is 27.3 Å². The van der Waals surface area contributed by atoms with E-state index in [0.717, 1.165) is 12.8 Å². The first-order valence-corrected chi connectivity index (χ1v) is 5.07. The van der Waals surface area contributed by atoms with Gasteiger partial charge in [0.1, 0.15) is 0 Å². The average Bonchev–Trinajstić information content (AvgIpc) is 2.11. The van der Waals surface area contributed by atoms with Crippen LogP contribution in [0.25, 0.3) is 0 Å². The zero-order valence-electron chi connectivity index (χ0n) is 7.90. The Morgan fingerprint density at radius 3 is 2.80 bits per heavy atom. The highest BCUT2D eigenvalue weighted by Gasteiger charge is 2.21. The van der Waals surface area contributed by atoms with Crippen LogP contribution in [0.1, 0.15) is 29.8 Å². The molecule has 0 atom stereocenters. The van der Waals surface area contributed by atoms with E-state index in [1.165, 1.54) is 12.5 Å². The Bertz CT molecular complexity index is 393. The van der Waals surface area contributed by atoms with E-state index in [4.69, 9.17) is 16.7 Å². The molecule has 1 heterocycles. The van der Waals surface area contributed by atoms with Crippen LogP contribution >= 0.6 is 11.6 Å². The molecule has 1 saturated carbocycles. The number of anilines is 1. The lowest BCUT2D eigenvalue weighted by Crippen LogP contribution is -2.28. The quantitative estimate of drug-likeness (QED) is 0.824. The molecule has 1 fully saturated rings. The predicted octanol–water partition coefficient (Wildman–Crippen LogP) is 1.79. The first kappa shape index (κ1) is 10.2. The monoisotopic (exact) mass is 227 g/mol. The number of nitrogens with one attached hydrogen (secondary N) is 1. The Morgan fingerprint density at radius 2 is 2.27 bits per heavy atom. The van der Waals surface area contributed by atoms with Gasteiger partial charge in [0.2, 0.25) is 0 Å². The largest absolute Gasteiger partial charge is 0.476 e. The van der Waals surface area contributed by atoms with E-state index in [2.05, 4.69) is 15.5 Å². The highest BCUT2D eigenvalue weighted by molar-refractivity contribution is 6.29. The van der Waals surface area contributed by atoms with Gasteiger partial charge < -0.3 is 10.4 Å². The molecule has 1 aliphatic rings. The number of aromatic nitrogens is 2. The fraction of sp³-hybridized carbons (Fsp3) is 0.444. The summed E-state index contributed by atoms with van der Waals surface area (Å²) in [6.45, 7) is 0. The summed E-state index contributed by atoms with van der Waals surface area (Å²) in [6.07, 6.45) is 3.28. The number of halogens is 1. The highest BCUT2D eigenvalue weighted by atomic mass is 35.5. The third-order valence-electron chi connectivity index (χ3n) is 2.43. The van der Waals surface area contributed by atoms with Gasteiger partial charge in [-0.25, -0.2) is 4.79 Å². The minimum atomic E-state index is -1.10. The number of hydrogen-bond acceptors (Lipinski definition) is 4. The smallest absolute Gasteiger partial charge is 0.358 e. The number of aromatic carboxylic acids is 1. The number of rotatable bonds is 3. The van der Waals surface area contributed by atoms with E-state index < -0.39 is 5.97 Å². The van der Waals surface area contributed by atoms with Crippen molar-refractivity contribution in [2.45, 2.75) is 25.3 Å². The molecule has 0 aliphatic heterocycles. The van der Waals surface area contributed by atoms with E-state index in [-0.39, 0.29) is 10.8 Å². The fourth-order valence-electron chi connectivity index (χ4n) is 1.41. The lowest BCUT2D eigenvalue weighted by molar-refractivity contribution is 0.0690. The van der Waals surface area contributed by atoms with Gasteiger partial charge >= 0.3 is 5.97 Å². The Labute approximate surface area is 91.5 Å². The molecule has 80 valence electrons. The first-order chi connectivity index (χ1) is 7.16. The molecule has 1 aromatic rings. The second-order valence-electron chi connectivity index (χ2n) is 3.51. The normalized spacial score (nSPS) is 15.8. The first-order valence-electron chi connectivity index (χ1n) is 4.70. The number of hydrogen-bond donors (Lipinski definition) is 2. The predicted molar refractivity (Wildman–Crippen MR) is 55.3 cm³/mol. The number of carboxylic acids is 1. The highest BCUT2D eigenvalue weighted by Crippen LogP contribution is 2.25. The van der Waals surface area contributed by atoms with E-state index in [9.17, 15) is 4.79 Å². The lowest BCUT2D eigenvalue weighted by atomic mass is 9.93. The van der Waals surface area contributed by atoms with E-state index in [1.807, 2.05) is 0 Å². The van der Waals surface area contributed by atoms with Crippen LogP contribution in [0.3, 0.4) is 0 Å². The van der Waals surface area contributed by atoms with Crippen molar-refractivity contribution in [1.29, 1.82) is 0 Å². The van der Waals surface area contributed by atoms with E-state index in [1.54, 1.807) is 0 Å². The molecular formula is C9H10ClN3O2. The van der Waals surface area contributed by atoms with Crippen molar-refractivity contribution >= 4 is 23.3 Å². The number of carbonyl (C=O) groups is 1. The molecule has 2 N–H and O–H groups in total. The van der Waals surface area contributed by atoms with Crippen molar-refractivity contribution in [3.05, 3.63) is 16.9 Å². The zero-order chi connectivity index (χ0) is 10.8. The second-order valence-corrected chi connectivity index (χ2v) is 3.89. The van der Waals surface area contributed by atoms with E-state index >= 15 is 0 Å². The summed E-state index contributed by atoms with van der Waals surface area (Å²) in [5.41, 5.74) is 0.374. The van der Waals surface area contributed by atoms with Gasteiger partial charge in [-0.2, -0.15) is 0 Å². The zero-order valence-corrected chi connectivity index (χ0v) is 8.66. The van der Waals surface area contributed by atoms with Gasteiger partial charge in [-0.3, -0.25) is 0 Å². The van der Waals surface area contributed by atoms with Crippen LogP contribution in [0, 0.1) is 0 Å². The van der Waals surface area contributed by atoms with Gasteiger partial charge in [-0.15, -0.1) is 10.2 Å². The fourth-order valence-corrected chi connectivity index (χ4v) is 1.56. The van der Waals surface area contributed by atoms with Crippen LogP contribution in [0.2, 0.25) is 5.15 Å². The van der Waals surface area contributed by atoms with Gasteiger partial charge in [-0.1, -0.05) is 11.6 Å². The topological polar surface area (TPSA) is 75.1 Å². The van der Waals surface area contributed by atoms with Crippen LogP contribution in [0.5, 0.6) is 0 Å². The molecule has 0 spiro atoms. The Hall–Kier alpha value is -1.36. The molecule has 1 aromatic heterocycles. The third kappa shape index (κ3) is 2.18. The minimum Gasteiger partial charge on any atom is -0.476 e. The number of nitrogens with zero attached hydrogens (tertiary/aromatic N) is 2. The molecule has 0 radical (unpaired) electrons. The Kier molecular flexibility index (Phi) is 2.73. The molecule has 0 amide bonds. The molecule has 5 nitrogen and oxygen atoms in total. The van der Waals surface area contributed by atoms with Gasteiger partial charge in [0.25, 0.3) is 0 Å². The SMILES string of the molecule is O=C(O)c1nnc(Cl)cc1NC1CCC1.